The Hall–Kier alpha value is -3.15. The molecular weight excluding hydrogens is 342 g/mol. The molecule has 1 heterocycles. The lowest BCUT2D eigenvalue weighted by Crippen LogP contribution is -2.44. The Bertz CT molecular complexity index is 834. The number of nitrogens with zero attached hydrogens (tertiary/aromatic N) is 1. The summed E-state index contributed by atoms with van der Waals surface area (Å²) in [5.41, 5.74) is 1.07. The average Bonchev–Trinajstić information content (AvgIpc) is 2.84. The summed E-state index contributed by atoms with van der Waals surface area (Å²) < 4.78 is 0. The van der Waals surface area contributed by atoms with Gasteiger partial charge in [0.05, 0.1) is 6.04 Å². The van der Waals surface area contributed by atoms with E-state index in [0.29, 0.717) is 6.42 Å². The van der Waals surface area contributed by atoms with Gasteiger partial charge >= 0.3 is 6.03 Å². The molecule has 0 bridgehead atoms. The number of carbonyl (C=O) groups is 3. The number of rotatable bonds is 6. The first kappa shape index (κ1) is 18.6. The number of hydrogen-bond donors (Lipinski definition) is 2. The minimum atomic E-state index is -0.986. The Morgan fingerprint density at radius 3 is 2.19 bits per heavy atom. The number of amides is 4. The Balaban J connectivity index is 1.73. The molecule has 0 spiro atoms. The molecule has 1 atom stereocenters. The number of nitrogens with one attached hydrogen (secondary N) is 2. The Labute approximate surface area is 158 Å². The van der Waals surface area contributed by atoms with Crippen LogP contribution in [0.15, 0.2) is 60.7 Å². The maximum atomic E-state index is 12.6. The largest absolute Gasteiger partial charge is 0.347 e. The van der Waals surface area contributed by atoms with Crippen molar-refractivity contribution >= 4 is 17.8 Å². The fourth-order valence-corrected chi connectivity index (χ4v) is 3.13. The standard InChI is InChI=1S/C21H23N3O3/c1-21(2)19(26)24(20(27)23-21)14-18(25)22-17(16-11-7-4-8-12-16)13-15-9-5-3-6-10-15/h3-12,17H,13-14H2,1-2H3,(H,22,25)(H,23,27)/t17-/m1/s1. The molecule has 27 heavy (non-hydrogen) atoms. The van der Waals surface area contributed by atoms with Gasteiger partial charge in [-0.1, -0.05) is 60.7 Å². The summed E-state index contributed by atoms with van der Waals surface area (Å²) in [5.74, 6) is -0.775. The van der Waals surface area contributed by atoms with Crippen molar-refractivity contribution < 1.29 is 14.4 Å². The molecule has 0 aliphatic carbocycles. The third-order valence-corrected chi connectivity index (χ3v) is 4.57. The van der Waals surface area contributed by atoms with E-state index in [1.54, 1.807) is 13.8 Å². The van der Waals surface area contributed by atoms with Crippen LogP contribution >= 0.6 is 0 Å². The number of imide groups is 1. The zero-order chi connectivity index (χ0) is 19.4. The molecule has 0 aromatic heterocycles. The fourth-order valence-electron chi connectivity index (χ4n) is 3.13. The summed E-state index contributed by atoms with van der Waals surface area (Å²) in [4.78, 5) is 37.8. The van der Waals surface area contributed by atoms with Gasteiger partial charge in [-0.05, 0) is 31.4 Å². The van der Waals surface area contributed by atoms with Crippen molar-refractivity contribution in [3.8, 4) is 0 Å². The van der Waals surface area contributed by atoms with Crippen molar-refractivity contribution in [2.75, 3.05) is 6.54 Å². The van der Waals surface area contributed by atoms with Gasteiger partial charge in [-0.3, -0.25) is 14.5 Å². The van der Waals surface area contributed by atoms with Crippen molar-refractivity contribution in [1.29, 1.82) is 0 Å². The van der Waals surface area contributed by atoms with E-state index < -0.39 is 17.5 Å². The van der Waals surface area contributed by atoms with E-state index in [-0.39, 0.29) is 18.5 Å². The first-order chi connectivity index (χ1) is 12.9. The minimum absolute atomic E-state index is 0.255. The van der Waals surface area contributed by atoms with E-state index in [0.717, 1.165) is 16.0 Å². The molecule has 1 saturated heterocycles. The Morgan fingerprint density at radius 1 is 1.04 bits per heavy atom. The van der Waals surface area contributed by atoms with Gasteiger partial charge in [-0.15, -0.1) is 0 Å². The van der Waals surface area contributed by atoms with Crippen LogP contribution in [0.4, 0.5) is 4.79 Å². The summed E-state index contributed by atoms with van der Waals surface area (Å²) in [5, 5.41) is 5.54. The van der Waals surface area contributed by atoms with Gasteiger partial charge in [-0.25, -0.2) is 4.79 Å². The first-order valence-electron chi connectivity index (χ1n) is 8.89. The summed E-state index contributed by atoms with van der Waals surface area (Å²) in [6.45, 7) is 2.94. The highest BCUT2D eigenvalue weighted by molar-refractivity contribution is 6.08. The van der Waals surface area contributed by atoms with Gasteiger partial charge in [0.15, 0.2) is 0 Å². The molecule has 1 fully saturated rings. The molecule has 1 aliphatic heterocycles. The molecule has 1 aliphatic rings. The van der Waals surface area contributed by atoms with Crippen molar-refractivity contribution in [3.63, 3.8) is 0 Å². The molecule has 4 amide bonds. The molecule has 6 heteroatoms. The lowest BCUT2D eigenvalue weighted by Gasteiger charge is -2.21. The summed E-state index contributed by atoms with van der Waals surface area (Å²) >= 11 is 0. The van der Waals surface area contributed by atoms with Gasteiger partial charge in [0, 0.05) is 0 Å². The second-order valence-corrected chi connectivity index (χ2v) is 7.17. The third kappa shape index (κ3) is 4.34. The van der Waals surface area contributed by atoms with Crippen LogP contribution in [0.5, 0.6) is 0 Å². The number of hydrogen-bond acceptors (Lipinski definition) is 3. The van der Waals surface area contributed by atoms with E-state index in [4.69, 9.17) is 0 Å². The second kappa shape index (κ2) is 7.61. The van der Waals surface area contributed by atoms with E-state index in [1.165, 1.54) is 0 Å². The summed E-state index contributed by atoms with van der Waals surface area (Å²) in [6.07, 6.45) is 0.613. The number of benzene rings is 2. The van der Waals surface area contributed by atoms with Crippen LogP contribution in [0.1, 0.15) is 31.0 Å². The van der Waals surface area contributed by atoms with Crippen LogP contribution in [0.2, 0.25) is 0 Å². The van der Waals surface area contributed by atoms with E-state index >= 15 is 0 Å². The molecule has 0 saturated carbocycles. The molecule has 2 aromatic carbocycles. The van der Waals surface area contributed by atoms with Gasteiger partial charge in [0.1, 0.15) is 12.1 Å². The normalized spacial score (nSPS) is 16.7. The predicted molar refractivity (Wildman–Crippen MR) is 102 cm³/mol. The van der Waals surface area contributed by atoms with Gasteiger partial charge in [-0.2, -0.15) is 0 Å². The van der Waals surface area contributed by atoms with E-state index in [2.05, 4.69) is 10.6 Å². The lowest BCUT2D eigenvalue weighted by molar-refractivity contribution is -0.134. The highest BCUT2D eigenvalue weighted by atomic mass is 16.2. The van der Waals surface area contributed by atoms with Crippen LogP contribution in [0.3, 0.4) is 0 Å². The zero-order valence-electron chi connectivity index (χ0n) is 15.4. The minimum Gasteiger partial charge on any atom is -0.347 e. The molecule has 140 valence electrons. The molecule has 6 nitrogen and oxygen atoms in total. The highest BCUT2D eigenvalue weighted by Crippen LogP contribution is 2.20. The van der Waals surface area contributed by atoms with Gasteiger partial charge < -0.3 is 10.6 Å². The van der Waals surface area contributed by atoms with Gasteiger partial charge in [0.25, 0.3) is 5.91 Å². The lowest BCUT2D eigenvalue weighted by atomic mass is 9.99. The third-order valence-electron chi connectivity index (χ3n) is 4.57. The monoisotopic (exact) mass is 365 g/mol. The van der Waals surface area contributed by atoms with Crippen LogP contribution in [0, 0.1) is 0 Å². The quantitative estimate of drug-likeness (QED) is 0.772. The molecule has 0 unspecified atom stereocenters. The average molecular weight is 365 g/mol. The predicted octanol–water partition coefficient (Wildman–Crippen LogP) is 2.42. The summed E-state index contributed by atoms with van der Waals surface area (Å²) in [6, 6.07) is 18.7. The second-order valence-electron chi connectivity index (χ2n) is 7.17. The van der Waals surface area contributed by atoms with Crippen LogP contribution < -0.4 is 10.6 Å². The Kier molecular flexibility index (Phi) is 5.26. The number of urea groups is 1. The SMILES string of the molecule is CC1(C)NC(=O)N(CC(=O)N[C@H](Cc2ccccc2)c2ccccc2)C1=O. The van der Waals surface area contributed by atoms with Crippen LogP contribution in [0.25, 0.3) is 0 Å². The molecule has 2 N–H and O–H groups in total. The van der Waals surface area contributed by atoms with Gasteiger partial charge in [0.2, 0.25) is 5.91 Å². The topological polar surface area (TPSA) is 78.5 Å². The zero-order valence-corrected chi connectivity index (χ0v) is 15.4. The maximum Gasteiger partial charge on any atom is 0.325 e. The molecule has 0 radical (unpaired) electrons. The Morgan fingerprint density at radius 2 is 1.63 bits per heavy atom. The summed E-state index contributed by atoms with van der Waals surface area (Å²) in [7, 11) is 0. The van der Waals surface area contributed by atoms with E-state index in [9.17, 15) is 14.4 Å². The maximum absolute atomic E-state index is 12.6. The van der Waals surface area contributed by atoms with Crippen molar-refractivity contribution in [1.82, 2.24) is 15.5 Å². The molecule has 3 rings (SSSR count). The first-order valence-corrected chi connectivity index (χ1v) is 8.89. The van der Waals surface area contributed by atoms with Crippen LogP contribution in [-0.4, -0.2) is 34.8 Å². The van der Waals surface area contributed by atoms with Crippen molar-refractivity contribution in [2.45, 2.75) is 31.8 Å². The van der Waals surface area contributed by atoms with E-state index in [1.807, 2.05) is 60.7 Å². The van der Waals surface area contributed by atoms with Crippen molar-refractivity contribution in [2.24, 2.45) is 0 Å². The fraction of sp³-hybridized carbons (Fsp3) is 0.286. The number of carbonyl (C=O) groups excluding carboxylic acids is 3. The molecule has 2 aromatic rings. The molecular formula is C21H23N3O3. The van der Waals surface area contributed by atoms with Crippen LogP contribution in [-0.2, 0) is 16.0 Å². The smallest absolute Gasteiger partial charge is 0.325 e. The van der Waals surface area contributed by atoms with Crippen molar-refractivity contribution in [3.05, 3.63) is 71.8 Å². The highest BCUT2D eigenvalue weighted by Gasteiger charge is 2.44.